The summed E-state index contributed by atoms with van der Waals surface area (Å²) in [5.41, 5.74) is 1.18. The van der Waals surface area contributed by atoms with Crippen molar-refractivity contribution in [1.82, 2.24) is 0 Å². The van der Waals surface area contributed by atoms with Crippen LogP contribution in [0.25, 0.3) is 0 Å². The van der Waals surface area contributed by atoms with Gasteiger partial charge in [0, 0.05) is 8.90 Å². The van der Waals surface area contributed by atoms with E-state index >= 15 is 0 Å². The minimum absolute atomic E-state index is 0.374. The highest BCUT2D eigenvalue weighted by Crippen LogP contribution is 2.16. The summed E-state index contributed by atoms with van der Waals surface area (Å²) < 4.78 is 0.940. The van der Waals surface area contributed by atoms with Crippen molar-refractivity contribution in [3.05, 3.63) is 32.9 Å². The van der Waals surface area contributed by atoms with Gasteiger partial charge in [-0.15, -0.1) is 0 Å². The molecule has 1 aromatic rings. The standard InChI is InChI=1S/C8H6BrIO2/c9-4-5-1-2-6(10)3-7(5)8(11)12/h1-3H,4H2,(H,11,12). The number of carboxylic acid groups (broad SMARTS) is 1. The van der Waals surface area contributed by atoms with Crippen molar-refractivity contribution in [2.45, 2.75) is 5.33 Å². The topological polar surface area (TPSA) is 37.3 Å². The van der Waals surface area contributed by atoms with E-state index in [1.165, 1.54) is 0 Å². The molecule has 4 heteroatoms. The predicted molar refractivity (Wildman–Crippen MR) is 58.7 cm³/mol. The van der Waals surface area contributed by atoms with E-state index in [1.807, 2.05) is 12.1 Å². The molecule has 1 aromatic carbocycles. The lowest BCUT2D eigenvalue weighted by Gasteiger charge is -2.01. The van der Waals surface area contributed by atoms with Gasteiger partial charge in [-0.2, -0.15) is 0 Å². The van der Waals surface area contributed by atoms with Crippen LogP contribution in [0.3, 0.4) is 0 Å². The Morgan fingerprint density at radius 3 is 2.75 bits per heavy atom. The van der Waals surface area contributed by atoms with E-state index < -0.39 is 5.97 Å². The molecule has 64 valence electrons. The van der Waals surface area contributed by atoms with E-state index in [4.69, 9.17) is 5.11 Å². The third-order valence-corrected chi connectivity index (χ3v) is 2.72. The molecular weight excluding hydrogens is 335 g/mol. The highest BCUT2D eigenvalue weighted by Gasteiger charge is 2.08. The molecule has 0 fully saturated rings. The summed E-state index contributed by atoms with van der Waals surface area (Å²) in [6.07, 6.45) is 0. The molecule has 0 saturated heterocycles. The van der Waals surface area contributed by atoms with Crippen LogP contribution in [-0.2, 0) is 5.33 Å². The third-order valence-electron chi connectivity index (χ3n) is 1.45. The number of halogens is 2. The van der Waals surface area contributed by atoms with Crippen LogP contribution in [0.5, 0.6) is 0 Å². The Morgan fingerprint density at radius 2 is 2.25 bits per heavy atom. The minimum Gasteiger partial charge on any atom is -0.478 e. The molecule has 1 rings (SSSR count). The van der Waals surface area contributed by atoms with Crippen LogP contribution in [0.2, 0.25) is 0 Å². The first-order valence-electron chi connectivity index (χ1n) is 3.23. The maximum absolute atomic E-state index is 10.7. The number of hydrogen-bond acceptors (Lipinski definition) is 1. The molecule has 0 unspecified atom stereocenters. The summed E-state index contributed by atoms with van der Waals surface area (Å²) in [4.78, 5) is 10.7. The van der Waals surface area contributed by atoms with Crippen LogP contribution < -0.4 is 0 Å². The molecule has 0 aliphatic heterocycles. The Labute approximate surface area is 92.2 Å². The summed E-state index contributed by atoms with van der Waals surface area (Å²) >= 11 is 5.33. The number of rotatable bonds is 2. The van der Waals surface area contributed by atoms with Gasteiger partial charge in [0.25, 0.3) is 0 Å². The van der Waals surface area contributed by atoms with Gasteiger partial charge in [0.2, 0.25) is 0 Å². The van der Waals surface area contributed by atoms with Gasteiger partial charge in [0.15, 0.2) is 0 Å². The largest absolute Gasteiger partial charge is 0.478 e. The summed E-state index contributed by atoms with van der Waals surface area (Å²) in [6, 6.07) is 5.38. The van der Waals surface area contributed by atoms with Crippen molar-refractivity contribution >= 4 is 44.5 Å². The number of carbonyl (C=O) groups is 1. The zero-order valence-electron chi connectivity index (χ0n) is 6.05. The van der Waals surface area contributed by atoms with Gasteiger partial charge in [-0.3, -0.25) is 0 Å². The van der Waals surface area contributed by atoms with Crippen molar-refractivity contribution in [3.8, 4) is 0 Å². The summed E-state index contributed by atoms with van der Waals surface area (Å²) in [5.74, 6) is -0.872. The molecule has 0 radical (unpaired) electrons. The fraction of sp³-hybridized carbons (Fsp3) is 0.125. The first-order chi connectivity index (χ1) is 5.65. The monoisotopic (exact) mass is 340 g/mol. The van der Waals surface area contributed by atoms with Crippen LogP contribution in [0.1, 0.15) is 15.9 Å². The van der Waals surface area contributed by atoms with Gasteiger partial charge in [-0.25, -0.2) is 4.79 Å². The molecule has 0 heterocycles. The molecule has 0 saturated carbocycles. The molecule has 1 N–H and O–H groups in total. The smallest absolute Gasteiger partial charge is 0.336 e. The summed E-state index contributed by atoms with van der Waals surface area (Å²) in [5, 5.41) is 9.37. The van der Waals surface area contributed by atoms with E-state index in [0.717, 1.165) is 9.13 Å². The normalized spacial score (nSPS) is 9.83. The molecule has 2 nitrogen and oxygen atoms in total. The lowest BCUT2D eigenvalue weighted by Crippen LogP contribution is -2.01. The second-order valence-corrected chi connectivity index (χ2v) is 4.05. The van der Waals surface area contributed by atoms with E-state index in [1.54, 1.807) is 6.07 Å². The second kappa shape index (κ2) is 4.23. The Balaban J connectivity index is 3.21. The SMILES string of the molecule is O=C(O)c1cc(I)ccc1CBr. The van der Waals surface area contributed by atoms with Gasteiger partial charge in [-0.1, -0.05) is 22.0 Å². The zero-order valence-corrected chi connectivity index (χ0v) is 9.79. The summed E-state index contributed by atoms with van der Waals surface area (Å²) in [6.45, 7) is 0. The number of alkyl halides is 1. The first-order valence-corrected chi connectivity index (χ1v) is 5.43. The van der Waals surface area contributed by atoms with Gasteiger partial charge < -0.3 is 5.11 Å². The quantitative estimate of drug-likeness (QED) is 0.664. The molecule has 0 spiro atoms. The van der Waals surface area contributed by atoms with Gasteiger partial charge in [0.05, 0.1) is 5.56 Å². The molecule has 0 atom stereocenters. The van der Waals surface area contributed by atoms with Gasteiger partial charge in [-0.05, 0) is 40.3 Å². The van der Waals surface area contributed by atoms with Crippen LogP contribution in [-0.4, -0.2) is 11.1 Å². The fourth-order valence-corrected chi connectivity index (χ4v) is 1.84. The van der Waals surface area contributed by atoms with E-state index in [0.29, 0.717) is 10.9 Å². The Morgan fingerprint density at radius 1 is 1.58 bits per heavy atom. The first kappa shape index (κ1) is 9.98. The van der Waals surface area contributed by atoms with Crippen molar-refractivity contribution in [3.63, 3.8) is 0 Å². The number of aromatic carboxylic acids is 1. The number of benzene rings is 1. The average Bonchev–Trinajstić information content (AvgIpc) is 2.04. The summed E-state index contributed by atoms with van der Waals surface area (Å²) in [7, 11) is 0. The Hall–Kier alpha value is -0.100. The molecule has 0 bridgehead atoms. The van der Waals surface area contributed by atoms with Crippen molar-refractivity contribution in [2.75, 3.05) is 0 Å². The highest BCUT2D eigenvalue weighted by molar-refractivity contribution is 14.1. The van der Waals surface area contributed by atoms with Crippen LogP contribution >= 0.6 is 38.5 Å². The highest BCUT2D eigenvalue weighted by atomic mass is 127. The Kier molecular flexibility index (Phi) is 3.52. The molecular formula is C8H6BrIO2. The predicted octanol–water partition coefficient (Wildman–Crippen LogP) is 2.88. The molecule has 0 aromatic heterocycles. The lowest BCUT2D eigenvalue weighted by molar-refractivity contribution is 0.0696. The fourth-order valence-electron chi connectivity index (χ4n) is 0.864. The maximum Gasteiger partial charge on any atom is 0.336 e. The molecule has 0 aliphatic rings. The minimum atomic E-state index is -0.872. The average molecular weight is 341 g/mol. The molecule has 0 amide bonds. The number of carboxylic acids is 1. The van der Waals surface area contributed by atoms with Crippen molar-refractivity contribution in [1.29, 1.82) is 0 Å². The third kappa shape index (κ3) is 2.20. The van der Waals surface area contributed by atoms with E-state index in [9.17, 15) is 4.79 Å². The maximum atomic E-state index is 10.7. The second-order valence-electron chi connectivity index (χ2n) is 2.24. The molecule has 0 aliphatic carbocycles. The van der Waals surface area contributed by atoms with Gasteiger partial charge in [0.1, 0.15) is 0 Å². The Bertz CT molecular complexity index is 312. The van der Waals surface area contributed by atoms with Crippen molar-refractivity contribution in [2.24, 2.45) is 0 Å². The van der Waals surface area contributed by atoms with Gasteiger partial charge >= 0.3 is 5.97 Å². The van der Waals surface area contributed by atoms with Crippen LogP contribution in [0.15, 0.2) is 18.2 Å². The van der Waals surface area contributed by atoms with Crippen molar-refractivity contribution < 1.29 is 9.90 Å². The number of hydrogen-bond donors (Lipinski definition) is 1. The molecule has 12 heavy (non-hydrogen) atoms. The van der Waals surface area contributed by atoms with Crippen LogP contribution in [0.4, 0.5) is 0 Å². The lowest BCUT2D eigenvalue weighted by atomic mass is 10.1. The van der Waals surface area contributed by atoms with E-state index in [-0.39, 0.29) is 0 Å². The zero-order chi connectivity index (χ0) is 9.14. The van der Waals surface area contributed by atoms with E-state index in [2.05, 4.69) is 38.5 Å². The van der Waals surface area contributed by atoms with Crippen LogP contribution in [0, 0.1) is 3.57 Å².